The van der Waals surface area contributed by atoms with Crippen molar-refractivity contribution in [2.75, 3.05) is 26.2 Å². The number of halogens is 5. The lowest BCUT2D eigenvalue weighted by molar-refractivity contribution is -0.362. The van der Waals surface area contributed by atoms with Crippen molar-refractivity contribution in [3.8, 4) is 0 Å². The normalized spacial score (nSPS) is 35.0. The van der Waals surface area contributed by atoms with E-state index in [4.69, 9.17) is 0 Å². The van der Waals surface area contributed by atoms with Gasteiger partial charge in [0.25, 0.3) is 0 Å². The summed E-state index contributed by atoms with van der Waals surface area (Å²) in [6.45, 7) is 6.13. The summed E-state index contributed by atoms with van der Waals surface area (Å²) < 4.78 is 71.6. The first-order valence-corrected chi connectivity index (χ1v) is 15.0. The lowest BCUT2D eigenvalue weighted by atomic mass is 9.50. The molecule has 9 heteroatoms. The number of benzene rings is 1. The molecule has 0 bridgehead atoms. The Balaban J connectivity index is 1.41. The molecule has 3 fully saturated rings. The fourth-order valence-corrected chi connectivity index (χ4v) is 8.89. The van der Waals surface area contributed by atoms with E-state index in [9.17, 15) is 23.1 Å². The summed E-state index contributed by atoms with van der Waals surface area (Å²) in [5, 5.41) is 14.8. The van der Waals surface area contributed by atoms with Crippen LogP contribution in [0.15, 0.2) is 47.1 Å². The molecule has 224 valence electrons. The first kappa shape index (κ1) is 29.0. The van der Waals surface area contributed by atoms with E-state index in [1.54, 1.807) is 6.08 Å². The van der Waals surface area contributed by atoms with Gasteiger partial charge in [0.05, 0.1) is 0 Å². The molecule has 4 aliphatic carbocycles. The molecule has 1 aliphatic heterocycles. The minimum Gasteiger partial charge on any atom is -0.383 e. The number of rotatable bonds is 4. The van der Waals surface area contributed by atoms with Crippen molar-refractivity contribution in [1.82, 2.24) is 10.2 Å². The van der Waals surface area contributed by atoms with E-state index in [0.29, 0.717) is 25.7 Å². The molecule has 0 aromatic heterocycles. The molecule has 4 nitrogen and oxygen atoms in total. The molecule has 5 aliphatic rings. The molecule has 2 N–H and O–H groups in total. The summed E-state index contributed by atoms with van der Waals surface area (Å²) in [4.78, 5) is 14.6. The average molecular weight is 579 g/mol. The van der Waals surface area contributed by atoms with E-state index in [-0.39, 0.29) is 24.5 Å². The fourth-order valence-electron chi connectivity index (χ4n) is 8.89. The zero-order valence-corrected chi connectivity index (χ0v) is 23.5. The van der Waals surface area contributed by atoms with Crippen LogP contribution in [0.5, 0.6) is 0 Å². The van der Waals surface area contributed by atoms with Crippen LogP contribution in [-0.4, -0.2) is 59.7 Å². The molecule has 0 radical (unpaired) electrons. The molecule has 5 atom stereocenters. The second-order valence-electron chi connectivity index (χ2n) is 13.1. The minimum atomic E-state index is -5.84. The van der Waals surface area contributed by atoms with Gasteiger partial charge < -0.3 is 10.4 Å². The van der Waals surface area contributed by atoms with Crippen molar-refractivity contribution >= 4 is 5.78 Å². The Morgan fingerprint density at radius 3 is 2.51 bits per heavy atom. The highest BCUT2D eigenvalue weighted by Crippen LogP contribution is 2.70. The van der Waals surface area contributed by atoms with Crippen LogP contribution < -0.4 is 5.32 Å². The maximum Gasteiger partial charge on any atom is 0.456 e. The Morgan fingerprint density at radius 1 is 1.02 bits per heavy atom. The monoisotopic (exact) mass is 578 g/mol. The Morgan fingerprint density at radius 2 is 1.78 bits per heavy atom. The minimum absolute atomic E-state index is 0.00748. The second-order valence-corrected chi connectivity index (χ2v) is 13.1. The van der Waals surface area contributed by atoms with Gasteiger partial charge in [-0.3, -0.25) is 9.69 Å². The van der Waals surface area contributed by atoms with Crippen molar-refractivity contribution < 1.29 is 31.9 Å². The highest BCUT2D eigenvalue weighted by atomic mass is 19.4. The number of fused-ring (bicyclic) bond motifs is 4. The first-order valence-electron chi connectivity index (χ1n) is 15.0. The molecule has 0 amide bonds. The van der Waals surface area contributed by atoms with Gasteiger partial charge in [-0.2, -0.15) is 22.0 Å². The lowest BCUT2D eigenvalue weighted by Gasteiger charge is -2.56. The van der Waals surface area contributed by atoms with Gasteiger partial charge in [0.15, 0.2) is 5.78 Å². The van der Waals surface area contributed by atoms with Crippen LogP contribution in [0.25, 0.3) is 0 Å². The van der Waals surface area contributed by atoms with E-state index in [1.165, 1.54) is 6.92 Å². The Labute approximate surface area is 238 Å². The molecule has 1 aromatic rings. The van der Waals surface area contributed by atoms with Crippen LogP contribution >= 0.6 is 0 Å². The van der Waals surface area contributed by atoms with Gasteiger partial charge in [0, 0.05) is 37.4 Å². The molecule has 41 heavy (non-hydrogen) atoms. The smallest absolute Gasteiger partial charge is 0.383 e. The number of allylic oxidation sites excluding steroid dienone is 4. The number of ketones is 1. The number of aliphatic hydroxyl groups is 1. The van der Waals surface area contributed by atoms with E-state index in [0.717, 1.165) is 67.0 Å². The summed E-state index contributed by atoms with van der Waals surface area (Å²) in [6.07, 6.45) is -1.39. The van der Waals surface area contributed by atoms with Crippen LogP contribution in [0.4, 0.5) is 22.0 Å². The van der Waals surface area contributed by atoms with Crippen molar-refractivity contribution in [1.29, 1.82) is 0 Å². The van der Waals surface area contributed by atoms with Gasteiger partial charge in [0.2, 0.25) is 0 Å². The number of nitrogens with one attached hydrogen (secondary N) is 1. The molecule has 1 aromatic carbocycles. The summed E-state index contributed by atoms with van der Waals surface area (Å²) >= 11 is 0. The van der Waals surface area contributed by atoms with Crippen LogP contribution in [0.1, 0.15) is 75.3 Å². The number of nitrogens with zero attached hydrogens (tertiary/aromatic N) is 1. The largest absolute Gasteiger partial charge is 0.456 e. The maximum atomic E-state index is 15.2. The zero-order chi connectivity index (χ0) is 29.2. The van der Waals surface area contributed by atoms with Crippen molar-refractivity contribution in [3.05, 3.63) is 58.2 Å². The molecule has 0 spiro atoms. The average Bonchev–Trinajstić information content (AvgIpc) is 3.06. The van der Waals surface area contributed by atoms with Gasteiger partial charge in [0.1, 0.15) is 5.60 Å². The SMILES string of the molecule is C[C@]12C[C@H](c3ccc(CN4CCCNCC4)cc3)C3=C4CCC(=O)C=C4CC[C@H]3[C@@H]1CC[C@]2(O)C(F)(F)C(F)(F)F. The standard InChI is InChI=1S/C32H39F5N2O2/c1-29-18-26(21-5-3-20(4-6-21)19-39-15-2-13-38-14-16-39)28-24-10-8-23(40)17-22(24)7-9-25(28)27(29)11-12-30(29,41)31(33,34)32(35,36)37/h3-6,17,25-27,38,41H,2,7-16,18-19H2,1H3/t25-,26+,27-,29-,30+/m0/s1. The van der Waals surface area contributed by atoms with E-state index >= 15 is 8.78 Å². The van der Waals surface area contributed by atoms with Gasteiger partial charge in [-0.15, -0.1) is 0 Å². The third-order valence-corrected chi connectivity index (χ3v) is 11.0. The van der Waals surface area contributed by atoms with E-state index < -0.39 is 41.4 Å². The van der Waals surface area contributed by atoms with Crippen molar-refractivity contribution in [3.63, 3.8) is 0 Å². The van der Waals surface area contributed by atoms with E-state index in [1.807, 2.05) is 24.3 Å². The number of hydrogen-bond donors (Lipinski definition) is 2. The Kier molecular flexibility index (Phi) is 7.26. The Hall–Kier alpha value is -2.10. The number of hydrogen-bond acceptors (Lipinski definition) is 4. The highest BCUT2D eigenvalue weighted by molar-refractivity contribution is 5.93. The van der Waals surface area contributed by atoms with Gasteiger partial charge in [-0.25, -0.2) is 0 Å². The van der Waals surface area contributed by atoms with Crippen LogP contribution in [0, 0.1) is 17.3 Å². The third kappa shape index (κ3) is 4.61. The van der Waals surface area contributed by atoms with Gasteiger partial charge in [-0.05, 0) is 98.2 Å². The number of alkyl halides is 5. The molecule has 1 heterocycles. The quantitative estimate of drug-likeness (QED) is 0.412. The predicted octanol–water partition coefficient (Wildman–Crippen LogP) is 6.31. The fraction of sp³-hybridized carbons (Fsp3) is 0.656. The zero-order valence-electron chi connectivity index (χ0n) is 23.5. The topological polar surface area (TPSA) is 52.6 Å². The van der Waals surface area contributed by atoms with Crippen molar-refractivity contribution in [2.45, 2.75) is 88.5 Å². The summed E-state index contributed by atoms with van der Waals surface area (Å²) in [6, 6.07) is 8.06. The third-order valence-electron chi connectivity index (χ3n) is 11.0. The van der Waals surface area contributed by atoms with Crippen LogP contribution in [0.2, 0.25) is 0 Å². The first-order chi connectivity index (χ1) is 19.4. The molecule has 0 unspecified atom stereocenters. The van der Waals surface area contributed by atoms with Crippen LogP contribution in [-0.2, 0) is 11.3 Å². The summed E-state index contributed by atoms with van der Waals surface area (Å²) in [5.74, 6) is -6.25. The number of carbonyl (C=O) groups excluding carboxylic acids is 1. The predicted molar refractivity (Wildman–Crippen MR) is 145 cm³/mol. The van der Waals surface area contributed by atoms with Crippen LogP contribution in [0.3, 0.4) is 0 Å². The van der Waals surface area contributed by atoms with E-state index in [2.05, 4.69) is 10.2 Å². The molecular weight excluding hydrogens is 539 g/mol. The summed E-state index contributed by atoms with van der Waals surface area (Å²) in [5.41, 5.74) is 0.363. The maximum absolute atomic E-state index is 15.2. The summed E-state index contributed by atoms with van der Waals surface area (Å²) in [7, 11) is 0. The highest BCUT2D eigenvalue weighted by Gasteiger charge is 2.79. The molecular formula is C32H39F5N2O2. The Bertz CT molecular complexity index is 1250. The molecule has 2 saturated carbocycles. The molecule has 1 saturated heterocycles. The molecule has 6 rings (SSSR count). The lowest BCUT2D eigenvalue weighted by Crippen LogP contribution is -2.65. The number of carbonyl (C=O) groups is 1. The van der Waals surface area contributed by atoms with Gasteiger partial charge >= 0.3 is 12.1 Å². The van der Waals surface area contributed by atoms with Crippen molar-refractivity contribution in [2.24, 2.45) is 17.3 Å². The van der Waals surface area contributed by atoms with Gasteiger partial charge in [-0.1, -0.05) is 36.8 Å². The second kappa shape index (κ2) is 10.3.